The van der Waals surface area contributed by atoms with Gasteiger partial charge in [-0.25, -0.2) is 13.8 Å². The zero-order chi connectivity index (χ0) is 24.0. The molecule has 33 heavy (non-hydrogen) atoms. The first kappa shape index (κ1) is 24.2. The van der Waals surface area contributed by atoms with Crippen molar-refractivity contribution in [3.8, 4) is 0 Å². The molecule has 0 spiro atoms. The third-order valence-electron chi connectivity index (χ3n) is 5.14. The zero-order valence-corrected chi connectivity index (χ0v) is 20.0. The average molecular weight is 465 g/mol. The van der Waals surface area contributed by atoms with Crippen LogP contribution in [-0.4, -0.2) is 46.0 Å². The first-order chi connectivity index (χ1) is 15.7. The number of anilines is 1. The number of hydrazone groups is 1. The van der Waals surface area contributed by atoms with Gasteiger partial charge in [0.15, 0.2) is 0 Å². The molecule has 3 aromatic rings. The molecule has 8 heteroatoms. The van der Waals surface area contributed by atoms with E-state index < -0.39 is 10.0 Å². The number of nitrogens with one attached hydrogen (secondary N) is 1. The maximum atomic E-state index is 12.8. The number of amides is 1. The van der Waals surface area contributed by atoms with Crippen LogP contribution < -0.4 is 10.3 Å². The summed E-state index contributed by atoms with van der Waals surface area (Å²) in [4.78, 5) is 14.6. The Labute approximate surface area is 195 Å². The van der Waals surface area contributed by atoms with Gasteiger partial charge in [0.2, 0.25) is 10.0 Å². The molecule has 0 unspecified atom stereocenters. The van der Waals surface area contributed by atoms with Crippen LogP contribution in [0, 0.1) is 6.92 Å². The van der Waals surface area contributed by atoms with Crippen LogP contribution >= 0.6 is 0 Å². The second kappa shape index (κ2) is 10.4. The Kier molecular flexibility index (Phi) is 7.63. The highest BCUT2D eigenvalue weighted by Gasteiger charge is 2.20. The molecule has 7 nitrogen and oxygen atoms in total. The molecule has 0 saturated heterocycles. The lowest BCUT2D eigenvalue weighted by Crippen LogP contribution is -2.26. The number of aryl methyl sites for hydroxylation is 1. The summed E-state index contributed by atoms with van der Waals surface area (Å²) in [6.07, 6.45) is 1.58. The standard InChI is InChI=1S/C25H28N4O3S/c1-19-5-15-24(16-6-19)33(31,32)29(4)18-21-7-11-22(12-8-21)25(30)27-26-17-20-9-13-23(14-10-20)28(2)3/h5-17H,18H2,1-4H3,(H,27,30)/b26-17+. The van der Waals surface area contributed by atoms with E-state index in [2.05, 4.69) is 10.5 Å². The molecule has 0 bridgehead atoms. The Hall–Kier alpha value is -3.49. The van der Waals surface area contributed by atoms with Crippen LogP contribution in [0.1, 0.15) is 27.0 Å². The first-order valence-corrected chi connectivity index (χ1v) is 11.8. The highest BCUT2D eigenvalue weighted by molar-refractivity contribution is 7.89. The molecular weight excluding hydrogens is 436 g/mol. The van der Waals surface area contributed by atoms with Gasteiger partial charge in [-0.2, -0.15) is 9.41 Å². The van der Waals surface area contributed by atoms with Crippen molar-refractivity contribution < 1.29 is 13.2 Å². The van der Waals surface area contributed by atoms with Crippen molar-refractivity contribution in [1.29, 1.82) is 0 Å². The van der Waals surface area contributed by atoms with Gasteiger partial charge in [0.05, 0.1) is 11.1 Å². The molecule has 0 aliphatic heterocycles. The van der Waals surface area contributed by atoms with E-state index in [0.717, 1.165) is 22.4 Å². The molecule has 1 amide bonds. The third kappa shape index (κ3) is 6.27. The minimum absolute atomic E-state index is 0.194. The fraction of sp³-hybridized carbons (Fsp3) is 0.200. The monoisotopic (exact) mass is 464 g/mol. The second-order valence-corrected chi connectivity index (χ2v) is 10.0. The summed E-state index contributed by atoms with van der Waals surface area (Å²) in [5.74, 6) is -0.344. The molecule has 0 fully saturated rings. The highest BCUT2D eigenvalue weighted by Crippen LogP contribution is 2.18. The molecule has 0 atom stereocenters. The molecule has 0 aromatic heterocycles. The van der Waals surface area contributed by atoms with Crippen LogP contribution in [0.5, 0.6) is 0 Å². The number of carbonyl (C=O) groups is 1. The lowest BCUT2D eigenvalue weighted by molar-refractivity contribution is 0.0955. The Bertz CT molecular complexity index is 1220. The molecule has 1 N–H and O–H groups in total. The Morgan fingerprint density at radius 2 is 1.52 bits per heavy atom. The van der Waals surface area contributed by atoms with Gasteiger partial charge in [-0.3, -0.25) is 4.79 Å². The van der Waals surface area contributed by atoms with E-state index in [1.165, 1.54) is 11.4 Å². The van der Waals surface area contributed by atoms with Gasteiger partial charge in [-0.15, -0.1) is 0 Å². The van der Waals surface area contributed by atoms with Gasteiger partial charge in [0, 0.05) is 38.9 Å². The Morgan fingerprint density at radius 3 is 2.09 bits per heavy atom. The van der Waals surface area contributed by atoms with Gasteiger partial charge >= 0.3 is 0 Å². The fourth-order valence-electron chi connectivity index (χ4n) is 3.08. The van der Waals surface area contributed by atoms with Crippen molar-refractivity contribution in [2.24, 2.45) is 5.10 Å². The van der Waals surface area contributed by atoms with E-state index in [0.29, 0.717) is 5.56 Å². The molecule has 0 aliphatic rings. The number of nitrogens with zero attached hydrogens (tertiary/aromatic N) is 3. The minimum atomic E-state index is -3.59. The lowest BCUT2D eigenvalue weighted by atomic mass is 10.1. The summed E-state index contributed by atoms with van der Waals surface area (Å²) in [6.45, 7) is 2.10. The number of sulfonamides is 1. The van der Waals surface area contributed by atoms with Crippen molar-refractivity contribution >= 4 is 27.8 Å². The lowest BCUT2D eigenvalue weighted by Gasteiger charge is -2.17. The number of rotatable bonds is 8. The summed E-state index contributed by atoms with van der Waals surface area (Å²) >= 11 is 0. The smallest absolute Gasteiger partial charge is 0.271 e. The van der Waals surface area contributed by atoms with Gasteiger partial charge < -0.3 is 4.90 Å². The van der Waals surface area contributed by atoms with Crippen LogP contribution in [0.3, 0.4) is 0 Å². The second-order valence-electron chi connectivity index (χ2n) is 7.96. The summed E-state index contributed by atoms with van der Waals surface area (Å²) in [6, 6.07) is 21.3. The van der Waals surface area contributed by atoms with Crippen molar-refractivity contribution in [2.45, 2.75) is 18.4 Å². The molecule has 0 heterocycles. The van der Waals surface area contributed by atoms with Crippen molar-refractivity contribution in [1.82, 2.24) is 9.73 Å². The summed E-state index contributed by atoms with van der Waals surface area (Å²) in [5, 5.41) is 4.01. The van der Waals surface area contributed by atoms with Crippen LogP contribution in [0.15, 0.2) is 82.8 Å². The predicted octanol–water partition coefficient (Wildman–Crippen LogP) is 3.65. The van der Waals surface area contributed by atoms with Gasteiger partial charge in [0.25, 0.3) is 5.91 Å². The molecule has 3 rings (SSSR count). The molecule has 0 radical (unpaired) electrons. The van der Waals surface area contributed by atoms with Crippen LogP contribution in [0.4, 0.5) is 5.69 Å². The zero-order valence-electron chi connectivity index (χ0n) is 19.2. The highest BCUT2D eigenvalue weighted by atomic mass is 32.2. The largest absolute Gasteiger partial charge is 0.378 e. The predicted molar refractivity (Wildman–Crippen MR) is 132 cm³/mol. The molecule has 0 saturated carbocycles. The van der Waals surface area contributed by atoms with E-state index in [1.807, 2.05) is 50.2 Å². The van der Waals surface area contributed by atoms with Crippen molar-refractivity contribution in [3.63, 3.8) is 0 Å². The maximum Gasteiger partial charge on any atom is 0.271 e. The average Bonchev–Trinajstić information content (AvgIpc) is 2.80. The molecule has 0 aliphatic carbocycles. The molecule has 3 aromatic carbocycles. The first-order valence-electron chi connectivity index (χ1n) is 10.4. The minimum Gasteiger partial charge on any atom is -0.378 e. The summed E-state index contributed by atoms with van der Waals surface area (Å²) in [5.41, 5.74) is 6.66. The normalized spacial score (nSPS) is 11.7. The van der Waals surface area contributed by atoms with Crippen molar-refractivity contribution in [2.75, 3.05) is 26.0 Å². The Morgan fingerprint density at radius 1 is 0.909 bits per heavy atom. The van der Waals surface area contributed by atoms with Crippen LogP contribution in [0.25, 0.3) is 0 Å². The van der Waals surface area contributed by atoms with E-state index >= 15 is 0 Å². The number of hydrogen-bond donors (Lipinski definition) is 1. The quantitative estimate of drug-likeness (QED) is 0.408. The van der Waals surface area contributed by atoms with Crippen LogP contribution in [-0.2, 0) is 16.6 Å². The van der Waals surface area contributed by atoms with E-state index in [9.17, 15) is 13.2 Å². The third-order valence-corrected chi connectivity index (χ3v) is 6.96. The van der Waals surface area contributed by atoms with E-state index in [4.69, 9.17) is 0 Å². The SMILES string of the molecule is Cc1ccc(S(=O)(=O)N(C)Cc2ccc(C(=O)N/N=C/c3ccc(N(C)C)cc3)cc2)cc1. The van der Waals surface area contributed by atoms with Crippen molar-refractivity contribution in [3.05, 3.63) is 95.1 Å². The topological polar surface area (TPSA) is 82.1 Å². The molecule has 172 valence electrons. The molecular formula is C25H28N4O3S. The Balaban J connectivity index is 1.58. The van der Waals surface area contributed by atoms with E-state index in [-0.39, 0.29) is 17.3 Å². The number of carbonyl (C=O) groups excluding carboxylic acids is 1. The number of hydrogen-bond acceptors (Lipinski definition) is 5. The maximum absolute atomic E-state index is 12.8. The van der Waals surface area contributed by atoms with E-state index in [1.54, 1.807) is 54.7 Å². The van der Waals surface area contributed by atoms with Gasteiger partial charge in [-0.05, 0) is 54.4 Å². The van der Waals surface area contributed by atoms with Gasteiger partial charge in [-0.1, -0.05) is 42.0 Å². The summed E-state index contributed by atoms with van der Waals surface area (Å²) < 4.78 is 26.8. The van der Waals surface area contributed by atoms with Crippen LogP contribution in [0.2, 0.25) is 0 Å². The fourth-order valence-corrected chi connectivity index (χ4v) is 4.24. The summed E-state index contributed by atoms with van der Waals surface area (Å²) in [7, 11) is 1.88. The number of benzene rings is 3. The van der Waals surface area contributed by atoms with Gasteiger partial charge in [0.1, 0.15) is 0 Å².